The second-order valence-electron chi connectivity index (χ2n) is 5.34. The van der Waals surface area contributed by atoms with Gasteiger partial charge in [-0.1, -0.05) is 6.42 Å². The number of hydrogen-bond donors (Lipinski definition) is 3. The fourth-order valence-electron chi connectivity index (χ4n) is 2.74. The number of hydrogen-bond acceptors (Lipinski definition) is 4. The van der Waals surface area contributed by atoms with Crippen LogP contribution in [0.3, 0.4) is 0 Å². The molecule has 106 valence electrons. The second kappa shape index (κ2) is 5.13. The average molecular weight is 275 g/mol. The molecule has 2 aromatic rings. The van der Waals surface area contributed by atoms with Crippen molar-refractivity contribution in [3.05, 3.63) is 28.7 Å². The lowest BCUT2D eigenvalue weighted by atomic mass is 9.85. The minimum Gasteiger partial charge on any atom is -0.408 e. The number of anilines is 1. The summed E-state index contributed by atoms with van der Waals surface area (Å²) in [5.74, 6) is -0.537. The molecule has 0 saturated heterocycles. The van der Waals surface area contributed by atoms with Crippen LogP contribution < -0.4 is 16.8 Å². The molecular weight excluding hydrogens is 258 g/mol. The van der Waals surface area contributed by atoms with E-state index < -0.39 is 5.76 Å². The lowest BCUT2D eigenvalue weighted by Gasteiger charge is -2.25. The normalized spacial score (nSPS) is 22.9. The van der Waals surface area contributed by atoms with Gasteiger partial charge in [-0.3, -0.25) is 9.78 Å². The van der Waals surface area contributed by atoms with E-state index >= 15 is 0 Å². The van der Waals surface area contributed by atoms with Crippen molar-refractivity contribution in [2.24, 2.45) is 11.7 Å². The molecule has 0 spiro atoms. The molecule has 1 aliphatic rings. The fraction of sp³-hybridized carbons (Fsp3) is 0.429. The minimum absolute atomic E-state index is 0.00894. The summed E-state index contributed by atoms with van der Waals surface area (Å²) in [6, 6.07) is 5.20. The molecule has 6 nitrogen and oxygen atoms in total. The van der Waals surface area contributed by atoms with Gasteiger partial charge in [0.2, 0.25) is 5.91 Å². The van der Waals surface area contributed by atoms with Crippen molar-refractivity contribution < 1.29 is 9.21 Å². The molecule has 2 unspecified atom stereocenters. The Morgan fingerprint density at radius 1 is 1.40 bits per heavy atom. The van der Waals surface area contributed by atoms with Crippen LogP contribution in [0, 0.1) is 5.92 Å². The molecule has 1 amide bonds. The molecule has 6 heteroatoms. The van der Waals surface area contributed by atoms with Crippen molar-refractivity contribution in [3.8, 4) is 0 Å². The van der Waals surface area contributed by atoms with E-state index in [1.807, 2.05) is 0 Å². The topological polar surface area (TPSA) is 101 Å². The van der Waals surface area contributed by atoms with Gasteiger partial charge in [0.15, 0.2) is 5.58 Å². The SMILES string of the molecule is NC1CCCC(C(=O)Nc2ccc3oc(=O)[nH]c3c2)C1. The van der Waals surface area contributed by atoms with Crippen LogP contribution in [0.5, 0.6) is 0 Å². The maximum atomic E-state index is 12.2. The number of aromatic amines is 1. The third kappa shape index (κ3) is 2.60. The van der Waals surface area contributed by atoms with Crippen LogP contribution in [0.1, 0.15) is 25.7 Å². The number of oxazole rings is 1. The largest absolute Gasteiger partial charge is 0.417 e. The third-order valence-electron chi connectivity index (χ3n) is 3.77. The van der Waals surface area contributed by atoms with Gasteiger partial charge in [-0.05, 0) is 37.5 Å². The van der Waals surface area contributed by atoms with E-state index in [4.69, 9.17) is 10.2 Å². The fourth-order valence-corrected chi connectivity index (χ4v) is 2.74. The zero-order valence-electron chi connectivity index (χ0n) is 11.0. The smallest absolute Gasteiger partial charge is 0.408 e. The molecule has 1 aliphatic carbocycles. The summed E-state index contributed by atoms with van der Waals surface area (Å²) in [6.07, 6.45) is 3.60. The predicted octanol–water partition coefficient (Wildman–Crippen LogP) is 1.58. The first-order chi connectivity index (χ1) is 9.61. The molecule has 0 radical (unpaired) electrons. The van der Waals surface area contributed by atoms with E-state index in [0.717, 1.165) is 25.7 Å². The molecule has 1 heterocycles. The molecule has 1 saturated carbocycles. The minimum atomic E-state index is -0.498. The summed E-state index contributed by atoms with van der Waals surface area (Å²) < 4.78 is 4.92. The second-order valence-corrected chi connectivity index (χ2v) is 5.34. The molecule has 0 aliphatic heterocycles. The number of benzene rings is 1. The Balaban J connectivity index is 1.74. The van der Waals surface area contributed by atoms with Crippen LogP contribution in [-0.4, -0.2) is 16.9 Å². The Bertz CT molecular complexity index is 688. The van der Waals surface area contributed by atoms with E-state index in [1.165, 1.54) is 0 Å². The summed E-state index contributed by atoms with van der Waals surface area (Å²) >= 11 is 0. The molecule has 4 N–H and O–H groups in total. The quantitative estimate of drug-likeness (QED) is 0.774. The number of H-pyrrole nitrogens is 1. The first kappa shape index (κ1) is 12.9. The number of rotatable bonds is 2. The number of carbonyl (C=O) groups excluding carboxylic acids is 1. The van der Waals surface area contributed by atoms with Crippen LogP contribution in [0.25, 0.3) is 11.1 Å². The zero-order valence-corrected chi connectivity index (χ0v) is 11.0. The van der Waals surface area contributed by atoms with E-state index in [1.54, 1.807) is 18.2 Å². The van der Waals surface area contributed by atoms with Crippen molar-refractivity contribution in [2.45, 2.75) is 31.7 Å². The Morgan fingerprint density at radius 3 is 3.05 bits per heavy atom. The van der Waals surface area contributed by atoms with Crippen LogP contribution in [0.4, 0.5) is 5.69 Å². The molecule has 0 bridgehead atoms. The van der Waals surface area contributed by atoms with Gasteiger partial charge in [0.05, 0.1) is 5.52 Å². The van der Waals surface area contributed by atoms with Crippen molar-refractivity contribution >= 4 is 22.7 Å². The van der Waals surface area contributed by atoms with Gasteiger partial charge < -0.3 is 15.5 Å². The van der Waals surface area contributed by atoms with Gasteiger partial charge in [0.25, 0.3) is 0 Å². The van der Waals surface area contributed by atoms with Gasteiger partial charge in [0.1, 0.15) is 0 Å². The standard InChI is InChI=1S/C14H17N3O3/c15-9-3-1-2-8(6-9)13(18)16-10-4-5-12-11(7-10)17-14(19)20-12/h4-5,7-9H,1-3,6,15H2,(H,16,18)(H,17,19). The highest BCUT2D eigenvalue weighted by atomic mass is 16.4. The molecule has 1 aromatic carbocycles. The van der Waals surface area contributed by atoms with Crippen LogP contribution >= 0.6 is 0 Å². The van der Waals surface area contributed by atoms with E-state index in [9.17, 15) is 9.59 Å². The Kier molecular flexibility index (Phi) is 3.31. The van der Waals surface area contributed by atoms with Gasteiger partial charge in [-0.15, -0.1) is 0 Å². The third-order valence-corrected chi connectivity index (χ3v) is 3.77. The zero-order chi connectivity index (χ0) is 14.1. The maximum absolute atomic E-state index is 12.2. The number of aromatic nitrogens is 1. The molecule has 20 heavy (non-hydrogen) atoms. The van der Waals surface area contributed by atoms with E-state index in [2.05, 4.69) is 10.3 Å². The van der Waals surface area contributed by atoms with E-state index in [-0.39, 0.29) is 17.9 Å². The molecular formula is C14H17N3O3. The number of nitrogens with one attached hydrogen (secondary N) is 2. The summed E-state index contributed by atoms with van der Waals surface area (Å²) in [6.45, 7) is 0. The monoisotopic (exact) mass is 275 g/mol. The van der Waals surface area contributed by atoms with E-state index in [0.29, 0.717) is 16.8 Å². The van der Waals surface area contributed by atoms with Crippen LogP contribution in [0.15, 0.2) is 27.4 Å². The molecule has 1 aromatic heterocycles. The van der Waals surface area contributed by atoms with Crippen molar-refractivity contribution in [3.63, 3.8) is 0 Å². The van der Waals surface area contributed by atoms with Crippen LogP contribution in [-0.2, 0) is 4.79 Å². The summed E-state index contributed by atoms with van der Waals surface area (Å²) in [7, 11) is 0. The Hall–Kier alpha value is -2.08. The number of amides is 1. The number of fused-ring (bicyclic) bond motifs is 1. The predicted molar refractivity (Wildman–Crippen MR) is 75.4 cm³/mol. The van der Waals surface area contributed by atoms with Crippen molar-refractivity contribution in [1.29, 1.82) is 0 Å². The van der Waals surface area contributed by atoms with Crippen molar-refractivity contribution in [1.82, 2.24) is 4.98 Å². The average Bonchev–Trinajstić information content (AvgIpc) is 2.78. The summed E-state index contributed by atoms with van der Waals surface area (Å²) in [4.78, 5) is 25.8. The van der Waals surface area contributed by atoms with Gasteiger partial charge in [-0.2, -0.15) is 0 Å². The highest BCUT2D eigenvalue weighted by molar-refractivity contribution is 5.94. The molecule has 3 rings (SSSR count). The lowest BCUT2D eigenvalue weighted by Crippen LogP contribution is -2.34. The van der Waals surface area contributed by atoms with Crippen molar-refractivity contribution in [2.75, 3.05) is 5.32 Å². The maximum Gasteiger partial charge on any atom is 0.417 e. The lowest BCUT2D eigenvalue weighted by molar-refractivity contribution is -0.120. The Labute approximate surface area is 115 Å². The van der Waals surface area contributed by atoms with Gasteiger partial charge >= 0.3 is 5.76 Å². The number of nitrogens with two attached hydrogens (primary N) is 1. The molecule has 1 fully saturated rings. The number of carbonyl (C=O) groups is 1. The van der Waals surface area contributed by atoms with Gasteiger partial charge in [-0.25, -0.2) is 4.79 Å². The Morgan fingerprint density at radius 2 is 2.25 bits per heavy atom. The van der Waals surface area contributed by atoms with Gasteiger partial charge in [0, 0.05) is 17.6 Å². The first-order valence-corrected chi connectivity index (χ1v) is 6.81. The summed E-state index contributed by atoms with van der Waals surface area (Å²) in [5, 5.41) is 2.88. The highest BCUT2D eigenvalue weighted by Gasteiger charge is 2.25. The van der Waals surface area contributed by atoms with Crippen LogP contribution in [0.2, 0.25) is 0 Å². The molecule has 2 atom stereocenters. The summed E-state index contributed by atoms with van der Waals surface area (Å²) in [5.41, 5.74) is 7.61. The first-order valence-electron chi connectivity index (χ1n) is 6.81. The highest BCUT2D eigenvalue weighted by Crippen LogP contribution is 2.25.